The number of benzene rings is 1. The molecule has 1 aliphatic carbocycles. The van der Waals surface area contributed by atoms with Crippen LogP contribution in [0.3, 0.4) is 0 Å². The maximum atomic E-state index is 12.3. The first-order valence-corrected chi connectivity index (χ1v) is 7.07. The van der Waals surface area contributed by atoms with Gasteiger partial charge < -0.3 is 16.4 Å². The van der Waals surface area contributed by atoms with Crippen LogP contribution in [-0.4, -0.2) is 24.4 Å². The van der Waals surface area contributed by atoms with E-state index in [-0.39, 0.29) is 24.3 Å². The lowest BCUT2D eigenvalue weighted by Crippen LogP contribution is -2.42. The van der Waals surface area contributed by atoms with Gasteiger partial charge in [0.2, 0.25) is 11.8 Å². The first-order chi connectivity index (χ1) is 9.65. The summed E-state index contributed by atoms with van der Waals surface area (Å²) < 4.78 is 0. The molecule has 20 heavy (non-hydrogen) atoms. The topological polar surface area (TPSA) is 84.2 Å². The highest BCUT2D eigenvalue weighted by atomic mass is 16.2. The molecule has 0 spiro atoms. The van der Waals surface area contributed by atoms with Gasteiger partial charge in [0, 0.05) is 24.7 Å². The Morgan fingerprint density at radius 3 is 2.90 bits per heavy atom. The van der Waals surface area contributed by atoms with Gasteiger partial charge in [-0.2, -0.15) is 0 Å². The van der Waals surface area contributed by atoms with Crippen LogP contribution in [0, 0.1) is 5.92 Å². The molecule has 0 saturated heterocycles. The molecule has 1 aromatic rings. The molecule has 2 amide bonds. The van der Waals surface area contributed by atoms with Crippen molar-refractivity contribution in [3.63, 3.8) is 0 Å². The normalized spacial score (nSPS) is 22.6. The Bertz CT molecular complexity index is 540. The molecule has 0 radical (unpaired) electrons. The minimum Gasteiger partial charge on any atom is -0.354 e. The lowest BCUT2D eigenvalue weighted by Gasteiger charge is -2.25. The molecular formula is C15H19N3O2. The zero-order valence-electron chi connectivity index (χ0n) is 11.3. The molecule has 5 heteroatoms. The maximum Gasteiger partial charge on any atom is 0.228 e. The van der Waals surface area contributed by atoms with E-state index in [0.717, 1.165) is 24.1 Å². The Kier molecular flexibility index (Phi) is 3.44. The van der Waals surface area contributed by atoms with Crippen molar-refractivity contribution in [1.82, 2.24) is 5.32 Å². The number of carbonyl (C=O) groups is 2. The second-order valence-electron chi connectivity index (χ2n) is 5.64. The van der Waals surface area contributed by atoms with Crippen molar-refractivity contribution >= 4 is 17.5 Å². The number of fused-ring (bicyclic) bond motifs is 1. The van der Waals surface area contributed by atoms with E-state index in [1.807, 2.05) is 24.3 Å². The van der Waals surface area contributed by atoms with Gasteiger partial charge in [0.25, 0.3) is 0 Å². The lowest BCUT2D eigenvalue weighted by atomic mass is 9.90. The second-order valence-corrected chi connectivity index (χ2v) is 5.64. The van der Waals surface area contributed by atoms with Gasteiger partial charge in [-0.15, -0.1) is 0 Å². The van der Waals surface area contributed by atoms with E-state index in [0.29, 0.717) is 12.5 Å². The second kappa shape index (κ2) is 5.25. The van der Waals surface area contributed by atoms with Crippen LogP contribution in [-0.2, 0) is 9.59 Å². The zero-order chi connectivity index (χ0) is 14.1. The third-order valence-corrected chi connectivity index (χ3v) is 4.06. The number of rotatable bonds is 4. The third kappa shape index (κ3) is 2.67. The van der Waals surface area contributed by atoms with E-state index in [1.165, 1.54) is 0 Å². The predicted molar refractivity (Wildman–Crippen MR) is 76.1 cm³/mol. The van der Waals surface area contributed by atoms with Crippen LogP contribution in [0.1, 0.15) is 30.7 Å². The van der Waals surface area contributed by atoms with Gasteiger partial charge in [-0.3, -0.25) is 9.59 Å². The molecule has 1 heterocycles. The molecule has 4 N–H and O–H groups in total. The minimum atomic E-state index is -0.411. The van der Waals surface area contributed by atoms with Crippen molar-refractivity contribution in [2.75, 3.05) is 11.9 Å². The fourth-order valence-corrected chi connectivity index (χ4v) is 2.68. The van der Waals surface area contributed by atoms with Gasteiger partial charge in [-0.1, -0.05) is 18.2 Å². The van der Waals surface area contributed by atoms with Crippen molar-refractivity contribution in [3.8, 4) is 0 Å². The van der Waals surface area contributed by atoms with Crippen molar-refractivity contribution < 1.29 is 9.59 Å². The molecule has 2 aliphatic rings. The Labute approximate surface area is 117 Å². The molecule has 1 saturated carbocycles. The number of para-hydroxylation sites is 1. The van der Waals surface area contributed by atoms with Gasteiger partial charge in [-0.05, 0) is 30.4 Å². The number of hydrogen-bond acceptors (Lipinski definition) is 3. The number of amides is 2. The molecule has 2 unspecified atom stereocenters. The van der Waals surface area contributed by atoms with Crippen molar-refractivity contribution in [3.05, 3.63) is 29.8 Å². The molecule has 5 nitrogen and oxygen atoms in total. The van der Waals surface area contributed by atoms with Gasteiger partial charge in [0.15, 0.2) is 0 Å². The highest BCUT2D eigenvalue weighted by molar-refractivity contribution is 6.01. The van der Waals surface area contributed by atoms with E-state index in [1.54, 1.807) is 0 Å². The van der Waals surface area contributed by atoms with Crippen LogP contribution in [0.25, 0.3) is 0 Å². The number of hydrogen-bond donors (Lipinski definition) is 3. The molecule has 2 atom stereocenters. The van der Waals surface area contributed by atoms with Crippen LogP contribution in [0.2, 0.25) is 0 Å². The standard InChI is InChI=1S/C15H19N3O2/c16-12(9-5-6-9)8-17-15(20)11-7-14(19)18-13-4-2-1-3-10(11)13/h1-4,9,11-12H,5-8,16H2,(H,17,20)(H,18,19). The average molecular weight is 273 g/mol. The van der Waals surface area contributed by atoms with Crippen LogP contribution in [0.5, 0.6) is 0 Å². The molecule has 0 bridgehead atoms. The molecule has 1 aromatic carbocycles. The third-order valence-electron chi connectivity index (χ3n) is 4.06. The molecule has 0 aromatic heterocycles. The van der Waals surface area contributed by atoms with Crippen LogP contribution < -0.4 is 16.4 Å². The fourth-order valence-electron chi connectivity index (χ4n) is 2.68. The Balaban J connectivity index is 1.69. The lowest BCUT2D eigenvalue weighted by molar-refractivity contribution is -0.126. The van der Waals surface area contributed by atoms with Gasteiger partial charge in [0.05, 0.1) is 5.92 Å². The minimum absolute atomic E-state index is 0.0339. The first kappa shape index (κ1) is 13.1. The summed E-state index contributed by atoms with van der Waals surface area (Å²) >= 11 is 0. The monoisotopic (exact) mass is 273 g/mol. The summed E-state index contributed by atoms with van der Waals surface area (Å²) in [7, 11) is 0. The van der Waals surface area contributed by atoms with Crippen molar-refractivity contribution in [2.45, 2.75) is 31.2 Å². The molecule has 1 fully saturated rings. The largest absolute Gasteiger partial charge is 0.354 e. The summed E-state index contributed by atoms with van der Waals surface area (Å²) in [6, 6.07) is 7.48. The molecular weight excluding hydrogens is 254 g/mol. The summed E-state index contributed by atoms with van der Waals surface area (Å²) in [6.45, 7) is 0.490. The van der Waals surface area contributed by atoms with E-state index >= 15 is 0 Å². The van der Waals surface area contributed by atoms with Crippen LogP contribution in [0.15, 0.2) is 24.3 Å². The highest BCUT2D eigenvalue weighted by Crippen LogP contribution is 2.33. The summed E-state index contributed by atoms with van der Waals surface area (Å²) in [5.74, 6) is -0.0812. The quantitative estimate of drug-likeness (QED) is 0.764. The highest BCUT2D eigenvalue weighted by Gasteiger charge is 2.32. The number of nitrogens with two attached hydrogens (primary N) is 1. The maximum absolute atomic E-state index is 12.3. The number of nitrogens with one attached hydrogen (secondary N) is 2. The Morgan fingerprint density at radius 2 is 2.15 bits per heavy atom. The van der Waals surface area contributed by atoms with Gasteiger partial charge in [0.1, 0.15) is 0 Å². The summed E-state index contributed by atoms with van der Waals surface area (Å²) in [5.41, 5.74) is 7.60. The van der Waals surface area contributed by atoms with Crippen LogP contribution in [0.4, 0.5) is 5.69 Å². The van der Waals surface area contributed by atoms with Crippen molar-refractivity contribution in [1.29, 1.82) is 0 Å². The van der Waals surface area contributed by atoms with Gasteiger partial charge in [-0.25, -0.2) is 0 Å². The molecule has 3 rings (SSSR count). The van der Waals surface area contributed by atoms with Crippen molar-refractivity contribution in [2.24, 2.45) is 11.7 Å². The summed E-state index contributed by atoms with van der Waals surface area (Å²) in [6.07, 6.45) is 2.51. The van der Waals surface area contributed by atoms with E-state index in [2.05, 4.69) is 10.6 Å². The Morgan fingerprint density at radius 1 is 1.40 bits per heavy atom. The van der Waals surface area contributed by atoms with E-state index < -0.39 is 5.92 Å². The van der Waals surface area contributed by atoms with E-state index in [4.69, 9.17) is 5.73 Å². The molecule has 1 aliphatic heterocycles. The summed E-state index contributed by atoms with van der Waals surface area (Å²) in [4.78, 5) is 24.0. The average Bonchev–Trinajstić information content (AvgIpc) is 3.28. The molecule has 106 valence electrons. The fraction of sp³-hybridized carbons (Fsp3) is 0.467. The number of anilines is 1. The van der Waals surface area contributed by atoms with Gasteiger partial charge >= 0.3 is 0 Å². The smallest absolute Gasteiger partial charge is 0.228 e. The predicted octanol–water partition coefficient (Wildman–Crippen LogP) is 0.966. The van der Waals surface area contributed by atoms with Crippen LogP contribution >= 0.6 is 0 Å². The van der Waals surface area contributed by atoms with E-state index in [9.17, 15) is 9.59 Å². The zero-order valence-corrected chi connectivity index (χ0v) is 11.3. The number of carbonyl (C=O) groups excluding carboxylic acids is 2. The summed E-state index contributed by atoms with van der Waals surface area (Å²) in [5, 5.41) is 5.69. The SMILES string of the molecule is NC(CNC(=O)C1CC(=O)Nc2ccccc21)C1CC1. The first-order valence-electron chi connectivity index (χ1n) is 7.07. The Hall–Kier alpha value is -1.88.